The van der Waals surface area contributed by atoms with Gasteiger partial charge in [0, 0.05) is 73.5 Å². The molecule has 2 fully saturated rings. The Morgan fingerprint density at radius 3 is 2.73 bits per heavy atom. The van der Waals surface area contributed by atoms with E-state index in [4.69, 9.17) is 4.74 Å². The molecule has 1 aliphatic carbocycles. The molecule has 2 aromatic rings. The Balaban J connectivity index is 1.45. The number of aryl methyl sites for hydroxylation is 1. The molecular formula is C25H35N3O2. The highest BCUT2D eigenvalue weighted by Gasteiger charge is 2.29. The van der Waals surface area contributed by atoms with E-state index in [1.807, 2.05) is 0 Å². The van der Waals surface area contributed by atoms with Gasteiger partial charge in [-0.1, -0.05) is 19.8 Å². The van der Waals surface area contributed by atoms with Crippen LogP contribution in [0.2, 0.25) is 0 Å². The van der Waals surface area contributed by atoms with E-state index in [0.717, 1.165) is 77.1 Å². The predicted molar refractivity (Wildman–Crippen MR) is 121 cm³/mol. The van der Waals surface area contributed by atoms with Crippen LogP contribution < -0.4 is 5.32 Å². The largest absolute Gasteiger partial charge is 0.381 e. The summed E-state index contributed by atoms with van der Waals surface area (Å²) in [7, 11) is 0. The van der Waals surface area contributed by atoms with Crippen LogP contribution in [0.15, 0.2) is 18.2 Å². The fraction of sp³-hybridized carbons (Fsp3) is 0.640. The van der Waals surface area contributed by atoms with Crippen molar-refractivity contribution in [1.29, 1.82) is 0 Å². The molecule has 3 aliphatic rings. The van der Waals surface area contributed by atoms with E-state index < -0.39 is 0 Å². The van der Waals surface area contributed by atoms with Crippen LogP contribution in [0.25, 0.3) is 10.9 Å². The number of carbonyl (C=O) groups excluding carboxylic acids is 1. The van der Waals surface area contributed by atoms with Crippen LogP contribution in [-0.4, -0.2) is 41.2 Å². The standard InChI is InChI=1S/C25H35N3O2/c1-2-12-28-23-8-7-19(26-25(29)18-5-3-4-6-18)16-21(23)22-17-27(13-9-24(22)28)20-10-14-30-15-11-20/h7-8,16,18,20H,2-6,9-15,17H2,1H3,(H,26,29). The third-order valence-electron chi connectivity index (χ3n) is 7.43. The molecule has 5 nitrogen and oxygen atoms in total. The lowest BCUT2D eigenvalue weighted by molar-refractivity contribution is -0.119. The molecule has 0 atom stereocenters. The van der Waals surface area contributed by atoms with E-state index in [-0.39, 0.29) is 11.8 Å². The molecular weight excluding hydrogens is 374 g/mol. The van der Waals surface area contributed by atoms with Gasteiger partial charge in [0.15, 0.2) is 0 Å². The first kappa shape index (κ1) is 20.1. The molecule has 0 bridgehead atoms. The molecule has 2 aliphatic heterocycles. The van der Waals surface area contributed by atoms with E-state index in [0.29, 0.717) is 6.04 Å². The van der Waals surface area contributed by atoms with Gasteiger partial charge in [-0.05, 0) is 55.9 Å². The van der Waals surface area contributed by atoms with Crippen molar-refractivity contribution in [2.45, 2.75) is 77.4 Å². The molecule has 1 N–H and O–H groups in total. The second-order valence-electron chi connectivity index (χ2n) is 9.34. The Labute approximate surface area is 179 Å². The molecule has 5 heteroatoms. The van der Waals surface area contributed by atoms with Gasteiger partial charge in [-0.25, -0.2) is 0 Å². The quantitative estimate of drug-likeness (QED) is 0.777. The van der Waals surface area contributed by atoms with Gasteiger partial charge in [-0.2, -0.15) is 0 Å². The molecule has 0 radical (unpaired) electrons. The Bertz CT molecular complexity index is 907. The summed E-state index contributed by atoms with van der Waals surface area (Å²) in [5.74, 6) is 0.404. The van der Waals surface area contributed by atoms with Crippen molar-refractivity contribution in [3.63, 3.8) is 0 Å². The average Bonchev–Trinajstić information content (AvgIpc) is 3.42. The lowest BCUT2D eigenvalue weighted by Crippen LogP contribution is -2.42. The minimum atomic E-state index is 0.198. The summed E-state index contributed by atoms with van der Waals surface area (Å²) in [6, 6.07) is 7.21. The van der Waals surface area contributed by atoms with Gasteiger partial charge in [0.05, 0.1) is 0 Å². The second-order valence-corrected chi connectivity index (χ2v) is 9.34. The number of ether oxygens (including phenoxy) is 1. The summed E-state index contributed by atoms with van der Waals surface area (Å²) in [6.07, 6.45) is 8.99. The zero-order chi connectivity index (χ0) is 20.5. The number of aromatic nitrogens is 1. The number of nitrogens with one attached hydrogen (secondary N) is 1. The third kappa shape index (κ3) is 3.78. The van der Waals surface area contributed by atoms with Crippen molar-refractivity contribution in [1.82, 2.24) is 9.47 Å². The number of benzene rings is 1. The van der Waals surface area contributed by atoms with Crippen LogP contribution in [0.3, 0.4) is 0 Å². The van der Waals surface area contributed by atoms with Crippen LogP contribution in [0, 0.1) is 5.92 Å². The summed E-state index contributed by atoms with van der Waals surface area (Å²) in [5, 5.41) is 4.55. The molecule has 162 valence electrons. The first-order chi connectivity index (χ1) is 14.7. The van der Waals surface area contributed by atoms with Crippen molar-refractivity contribution in [3.8, 4) is 0 Å². The van der Waals surface area contributed by atoms with E-state index in [2.05, 4.69) is 39.9 Å². The minimum absolute atomic E-state index is 0.198. The number of nitrogens with zero attached hydrogens (tertiary/aromatic N) is 2. The Hall–Kier alpha value is -1.85. The van der Waals surface area contributed by atoms with Crippen LogP contribution in [0.4, 0.5) is 5.69 Å². The van der Waals surface area contributed by atoms with Crippen molar-refractivity contribution in [3.05, 3.63) is 29.5 Å². The Morgan fingerprint density at radius 2 is 1.97 bits per heavy atom. The fourth-order valence-electron chi connectivity index (χ4n) is 5.82. The lowest BCUT2D eigenvalue weighted by atomic mass is 9.99. The summed E-state index contributed by atoms with van der Waals surface area (Å²) < 4.78 is 8.13. The van der Waals surface area contributed by atoms with E-state index in [1.165, 1.54) is 35.0 Å². The molecule has 1 saturated heterocycles. The van der Waals surface area contributed by atoms with Gasteiger partial charge in [0.1, 0.15) is 0 Å². The first-order valence-corrected chi connectivity index (χ1v) is 12.0. The highest BCUT2D eigenvalue weighted by atomic mass is 16.5. The number of anilines is 1. The second kappa shape index (κ2) is 8.72. The number of amides is 1. The average molecular weight is 410 g/mol. The van der Waals surface area contributed by atoms with E-state index in [1.54, 1.807) is 0 Å². The molecule has 30 heavy (non-hydrogen) atoms. The van der Waals surface area contributed by atoms with Gasteiger partial charge < -0.3 is 14.6 Å². The minimum Gasteiger partial charge on any atom is -0.381 e. The molecule has 1 amide bonds. The van der Waals surface area contributed by atoms with Crippen LogP contribution >= 0.6 is 0 Å². The topological polar surface area (TPSA) is 46.5 Å². The highest BCUT2D eigenvalue weighted by Crippen LogP contribution is 2.35. The summed E-state index contributed by atoms with van der Waals surface area (Å²) >= 11 is 0. The maximum absolute atomic E-state index is 12.7. The molecule has 1 saturated carbocycles. The molecule has 0 unspecified atom stereocenters. The van der Waals surface area contributed by atoms with Gasteiger partial charge in [0.25, 0.3) is 0 Å². The van der Waals surface area contributed by atoms with Crippen molar-refractivity contribution >= 4 is 22.5 Å². The van der Waals surface area contributed by atoms with E-state index in [9.17, 15) is 4.79 Å². The van der Waals surface area contributed by atoms with Gasteiger partial charge >= 0.3 is 0 Å². The molecule has 1 aromatic heterocycles. The Kier molecular flexibility index (Phi) is 5.83. The predicted octanol–water partition coefficient (Wildman–Crippen LogP) is 4.72. The van der Waals surface area contributed by atoms with E-state index >= 15 is 0 Å². The molecule has 5 rings (SSSR count). The van der Waals surface area contributed by atoms with Crippen LogP contribution in [-0.2, 0) is 29.0 Å². The number of hydrogen-bond donors (Lipinski definition) is 1. The highest BCUT2D eigenvalue weighted by molar-refractivity contribution is 5.96. The van der Waals surface area contributed by atoms with Gasteiger partial charge in [0.2, 0.25) is 5.91 Å². The van der Waals surface area contributed by atoms with Crippen molar-refractivity contribution in [2.75, 3.05) is 25.1 Å². The zero-order valence-corrected chi connectivity index (χ0v) is 18.3. The summed E-state index contributed by atoms with van der Waals surface area (Å²) in [4.78, 5) is 15.3. The van der Waals surface area contributed by atoms with Gasteiger partial charge in [-0.15, -0.1) is 0 Å². The zero-order valence-electron chi connectivity index (χ0n) is 18.3. The Morgan fingerprint density at radius 1 is 1.17 bits per heavy atom. The van der Waals surface area contributed by atoms with Crippen LogP contribution in [0.1, 0.15) is 63.1 Å². The normalized spacial score (nSPS) is 21.2. The molecule has 0 spiro atoms. The maximum atomic E-state index is 12.7. The number of hydrogen-bond acceptors (Lipinski definition) is 3. The van der Waals surface area contributed by atoms with Gasteiger partial charge in [-0.3, -0.25) is 9.69 Å². The summed E-state index contributed by atoms with van der Waals surface area (Å²) in [5.41, 5.74) is 5.27. The number of carbonyl (C=O) groups is 1. The molecule has 1 aromatic carbocycles. The monoisotopic (exact) mass is 409 g/mol. The van der Waals surface area contributed by atoms with Crippen LogP contribution in [0.5, 0.6) is 0 Å². The smallest absolute Gasteiger partial charge is 0.227 e. The van der Waals surface area contributed by atoms with Crippen molar-refractivity contribution in [2.24, 2.45) is 5.92 Å². The summed E-state index contributed by atoms with van der Waals surface area (Å²) in [6.45, 7) is 7.27. The number of fused-ring (bicyclic) bond motifs is 3. The number of rotatable bonds is 5. The first-order valence-electron chi connectivity index (χ1n) is 12.0. The maximum Gasteiger partial charge on any atom is 0.227 e. The third-order valence-corrected chi connectivity index (χ3v) is 7.43. The van der Waals surface area contributed by atoms with Crippen molar-refractivity contribution < 1.29 is 9.53 Å². The lowest BCUT2D eigenvalue weighted by Gasteiger charge is -2.37. The molecule has 3 heterocycles. The SMILES string of the molecule is CCCn1c2c(c3cc(NC(=O)C4CCCC4)ccc31)CN(C1CCOCC1)CC2. The fourth-order valence-corrected chi connectivity index (χ4v) is 5.82.